The lowest BCUT2D eigenvalue weighted by Crippen LogP contribution is -2.36. The second kappa shape index (κ2) is 9.81. The molecule has 1 saturated heterocycles. The van der Waals surface area contributed by atoms with Crippen LogP contribution in [0.2, 0.25) is 0 Å². The average molecular weight is 476 g/mol. The summed E-state index contributed by atoms with van der Waals surface area (Å²) in [4.78, 5) is 15.2. The third-order valence-corrected chi connectivity index (χ3v) is 7.21. The lowest BCUT2D eigenvalue weighted by atomic mass is 10.1. The van der Waals surface area contributed by atoms with Crippen LogP contribution in [0, 0.1) is 5.82 Å². The van der Waals surface area contributed by atoms with Crippen molar-refractivity contribution in [1.82, 2.24) is 4.90 Å². The van der Waals surface area contributed by atoms with Gasteiger partial charge in [0.05, 0.1) is 11.0 Å². The van der Waals surface area contributed by atoms with Gasteiger partial charge < -0.3 is 13.8 Å². The fourth-order valence-electron chi connectivity index (χ4n) is 3.50. The Hall–Kier alpha value is -2.75. The maximum atomic E-state index is 13.2. The summed E-state index contributed by atoms with van der Waals surface area (Å²) in [7, 11) is -4.17. The van der Waals surface area contributed by atoms with Crippen LogP contribution in [0.25, 0.3) is 0 Å². The highest BCUT2D eigenvalue weighted by molar-refractivity contribution is 7.87. The molecule has 0 bridgehead atoms. The van der Waals surface area contributed by atoms with E-state index in [0.29, 0.717) is 23.6 Å². The normalized spacial score (nSPS) is 16.1. The van der Waals surface area contributed by atoms with Gasteiger partial charge in [-0.2, -0.15) is 8.42 Å². The minimum Gasteiger partial charge on any atom is -0.379 e. The highest BCUT2D eigenvalue weighted by atomic mass is 32.2. The highest BCUT2D eigenvalue weighted by Crippen LogP contribution is 2.26. The minimum atomic E-state index is -4.17. The zero-order valence-corrected chi connectivity index (χ0v) is 18.8. The molecule has 168 valence electrons. The molecule has 1 aliphatic heterocycles. The van der Waals surface area contributed by atoms with Crippen molar-refractivity contribution in [3.63, 3.8) is 0 Å². The van der Waals surface area contributed by atoms with Crippen molar-refractivity contribution < 1.29 is 26.5 Å². The Morgan fingerprint density at radius 2 is 1.91 bits per heavy atom. The number of carbonyl (C=O) groups excluding carboxylic acids is 1. The van der Waals surface area contributed by atoms with E-state index >= 15 is 0 Å². The molecule has 1 atom stereocenters. The first-order chi connectivity index (χ1) is 15.4. The van der Waals surface area contributed by atoms with Crippen LogP contribution in [0.5, 0.6) is 5.75 Å². The van der Waals surface area contributed by atoms with Crippen LogP contribution < -0.4 is 4.18 Å². The Labute approximate surface area is 190 Å². The molecule has 0 unspecified atom stereocenters. The van der Waals surface area contributed by atoms with E-state index < -0.39 is 15.9 Å². The van der Waals surface area contributed by atoms with Crippen molar-refractivity contribution in [2.75, 3.05) is 13.2 Å². The van der Waals surface area contributed by atoms with Gasteiger partial charge in [0.15, 0.2) is 0 Å². The zero-order valence-electron chi connectivity index (χ0n) is 17.1. The van der Waals surface area contributed by atoms with Crippen molar-refractivity contribution in [3.05, 3.63) is 82.3 Å². The largest absolute Gasteiger partial charge is 0.379 e. The number of carbonyl (C=O) groups is 1. The first-order valence-electron chi connectivity index (χ1n) is 10.1. The molecule has 0 N–H and O–H groups in total. The van der Waals surface area contributed by atoms with E-state index in [4.69, 9.17) is 8.92 Å². The molecule has 2 aromatic carbocycles. The van der Waals surface area contributed by atoms with E-state index in [-0.39, 0.29) is 29.2 Å². The number of amides is 1. The molecule has 0 radical (unpaired) electrons. The van der Waals surface area contributed by atoms with E-state index in [2.05, 4.69) is 0 Å². The van der Waals surface area contributed by atoms with Gasteiger partial charge in [0, 0.05) is 25.3 Å². The lowest BCUT2D eigenvalue weighted by Gasteiger charge is -2.26. The molecule has 4 rings (SSSR count). The van der Waals surface area contributed by atoms with Crippen LogP contribution in [0.15, 0.2) is 70.9 Å². The van der Waals surface area contributed by atoms with E-state index in [1.807, 2.05) is 11.4 Å². The zero-order chi connectivity index (χ0) is 22.6. The summed E-state index contributed by atoms with van der Waals surface area (Å²) >= 11 is 1.35. The summed E-state index contributed by atoms with van der Waals surface area (Å²) in [5.74, 6) is -0.568. The molecular weight excluding hydrogens is 453 g/mol. The van der Waals surface area contributed by atoms with Gasteiger partial charge in [-0.25, -0.2) is 4.39 Å². The molecule has 3 aromatic rings. The fraction of sp³-hybridized carbons (Fsp3) is 0.261. The maximum Gasteiger partial charge on any atom is 0.339 e. The number of para-hydroxylation sites is 1. The monoisotopic (exact) mass is 475 g/mol. The predicted octanol–water partition coefficient (Wildman–Crippen LogP) is 4.48. The summed E-state index contributed by atoms with van der Waals surface area (Å²) < 4.78 is 49.7. The molecule has 2 heterocycles. The minimum absolute atomic E-state index is 0.0602. The van der Waals surface area contributed by atoms with Gasteiger partial charge in [-0.1, -0.05) is 24.3 Å². The van der Waals surface area contributed by atoms with Crippen molar-refractivity contribution in [2.45, 2.75) is 30.4 Å². The number of thiophene rings is 1. The number of hydrogen-bond acceptors (Lipinski definition) is 6. The van der Waals surface area contributed by atoms with E-state index in [1.165, 1.54) is 17.4 Å². The highest BCUT2D eigenvalue weighted by Gasteiger charge is 2.26. The van der Waals surface area contributed by atoms with Gasteiger partial charge >= 0.3 is 10.1 Å². The van der Waals surface area contributed by atoms with Gasteiger partial charge in [-0.05, 0) is 54.6 Å². The van der Waals surface area contributed by atoms with Gasteiger partial charge in [0.25, 0.3) is 5.91 Å². The van der Waals surface area contributed by atoms with Crippen LogP contribution >= 0.6 is 11.3 Å². The van der Waals surface area contributed by atoms with Crippen molar-refractivity contribution in [3.8, 4) is 5.75 Å². The Morgan fingerprint density at radius 1 is 1.12 bits per heavy atom. The van der Waals surface area contributed by atoms with Crippen LogP contribution in [-0.2, 0) is 21.4 Å². The van der Waals surface area contributed by atoms with Gasteiger partial charge in [0.2, 0.25) is 0 Å². The van der Waals surface area contributed by atoms with Gasteiger partial charge in [-0.3, -0.25) is 4.79 Å². The maximum absolute atomic E-state index is 13.2. The quantitative estimate of drug-likeness (QED) is 0.449. The molecule has 0 aliphatic carbocycles. The summed E-state index contributed by atoms with van der Waals surface area (Å²) in [5, 5.41) is 1.84. The summed E-state index contributed by atoms with van der Waals surface area (Å²) in [6, 6.07) is 14.7. The van der Waals surface area contributed by atoms with E-state index in [1.54, 1.807) is 29.2 Å². The Kier molecular flexibility index (Phi) is 6.88. The van der Waals surface area contributed by atoms with Crippen molar-refractivity contribution in [1.29, 1.82) is 0 Å². The third-order valence-electron chi connectivity index (χ3n) is 5.10. The number of ether oxygens (including phenoxy) is 1. The molecule has 1 aliphatic rings. The first kappa shape index (κ1) is 22.4. The molecule has 1 fully saturated rings. The third kappa shape index (κ3) is 5.35. The fourth-order valence-corrected chi connectivity index (χ4v) is 5.15. The smallest absolute Gasteiger partial charge is 0.339 e. The van der Waals surface area contributed by atoms with Gasteiger partial charge in [0.1, 0.15) is 16.5 Å². The van der Waals surface area contributed by atoms with Crippen LogP contribution in [-0.4, -0.2) is 38.5 Å². The standard InChI is InChI=1S/C23H22FNO5S2/c24-18-9-11-20(12-10-18)32(27,28)30-21-7-2-1-5-17(21)15-25(16-19-6-3-13-29-19)23(26)22-8-4-14-31-22/h1-2,4-5,7-12,14,19H,3,6,13,15-16H2/t19-/m0/s1. The van der Waals surface area contributed by atoms with Crippen LogP contribution in [0.3, 0.4) is 0 Å². The molecule has 6 nitrogen and oxygen atoms in total. The molecule has 32 heavy (non-hydrogen) atoms. The molecule has 1 amide bonds. The van der Waals surface area contributed by atoms with Crippen molar-refractivity contribution >= 4 is 27.4 Å². The second-order valence-corrected chi connectivity index (χ2v) is 9.89. The Bertz CT molecular complexity index is 1160. The Balaban J connectivity index is 1.59. The summed E-state index contributed by atoms with van der Waals surface area (Å²) in [5.41, 5.74) is 0.543. The summed E-state index contributed by atoms with van der Waals surface area (Å²) in [6.07, 6.45) is 1.75. The van der Waals surface area contributed by atoms with Crippen LogP contribution in [0.1, 0.15) is 28.1 Å². The van der Waals surface area contributed by atoms with E-state index in [9.17, 15) is 17.6 Å². The molecule has 1 aromatic heterocycles. The molecule has 0 saturated carbocycles. The average Bonchev–Trinajstić information content (AvgIpc) is 3.49. The van der Waals surface area contributed by atoms with Crippen molar-refractivity contribution in [2.24, 2.45) is 0 Å². The molecular formula is C23H22FNO5S2. The first-order valence-corrected chi connectivity index (χ1v) is 12.4. The number of benzene rings is 2. The molecule has 9 heteroatoms. The topological polar surface area (TPSA) is 72.9 Å². The summed E-state index contributed by atoms with van der Waals surface area (Å²) in [6.45, 7) is 1.22. The Morgan fingerprint density at radius 3 is 2.59 bits per heavy atom. The number of hydrogen-bond donors (Lipinski definition) is 0. The molecule has 0 spiro atoms. The van der Waals surface area contributed by atoms with Crippen LogP contribution in [0.4, 0.5) is 4.39 Å². The predicted molar refractivity (Wildman–Crippen MR) is 119 cm³/mol. The number of halogens is 1. The number of nitrogens with zero attached hydrogens (tertiary/aromatic N) is 1. The van der Waals surface area contributed by atoms with Gasteiger partial charge in [-0.15, -0.1) is 11.3 Å². The lowest BCUT2D eigenvalue weighted by molar-refractivity contribution is 0.0510. The number of rotatable bonds is 8. The second-order valence-electron chi connectivity index (χ2n) is 7.40. The van der Waals surface area contributed by atoms with E-state index in [0.717, 1.165) is 37.1 Å². The SMILES string of the molecule is O=C(c1cccs1)N(Cc1ccccc1OS(=O)(=O)c1ccc(F)cc1)C[C@@H]1CCCO1.